The van der Waals surface area contributed by atoms with Gasteiger partial charge in [-0.25, -0.2) is 8.78 Å². The highest BCUT2D eigenvalue weighted by Gasteiger charge is 2.04. The molecule has 2 aromatic carbocycles. The third kappa shape index (κ3) is 5.00. The van der Waals surface area contributed by atoms with Crippen LogP contribution in [0.3, 0.4) is 0 Å². The molecule has 3 nitrogen and oxygen atoms in total. The second-order valence-corrected chi connectivity index (χ2v) is 5.15. The van der Waals surface area contributed by atoms with Gasteiger partial charge in [0.25, 0.3) is 0 Å². The van der Waals surface area contributed by atoms with Crippen LogP contribution in [-0.4, -0.2) is 19.0 Å². The second kappa shape index (κ2) is 7.75. The zero-order chi connectivity index (χ0) is 15.9. The Bertz CT molecular complexity index is 664. The number of carbonyl (C=O) groups is 1. The Morgan fingerprint density at radius 1 is 1.09 bits per heavy atom. The fourth-order valence-corrected chi connectivity index (χ4v) is 2.10. The summed E-state index contributed by atoms with van der Waals surface area (Å²) in [6.07, 6.45) is 0.664. The number of benzene rings is 2. The van der Waals surface area contributed by atoms with Crippen LogP contribution < -0.4 is 10.6 Å². The van der Waals surface area contributed by atoms with Crippen molar-refractivity contribution in [1.82, 2.24) is 5.32 Å². The average molecular weight is 325 g/mol. The predicted molar refractivity (Wildman–Crippen MR) is 83.0 cm³/mol. The van der Waals surface area contributed by atoms with E-state index in [0.29, 0.717) is 23.7 Å². The summed E-state index contributed by atoms with van der Waals surface area (Å²) in [7, 11) is 0. The van der Waals surface area contributed by atoms with E-state index in [1.54, 1.807) is 6.07 Å². The molecule has 116 valence electrons. The first-order valence-corrected chi connectivity index (χ1v) is 7.12. The molecule has 0 spiro atoms. The lowest BCUT2D eigenvalue weighted by Crippen LogP contribution is -2.31. The topological polar surface area (TPSA) is 41.1 Å². The molecule has 0 radical (unpaired) electrons. The Balaban J connectivity index is 1.72. The van der Waals surface area contributed by atoms with Gasteiger partial charge in [-0.1, -0.05) is 23.7 Å². The first kappa shape index (κ1) is 16.2. The highest BCUT2D eigenvalue weighted by Crippen LogP contribution is 2.12. The molecule has 6 heteroatoms. The van der Waals surface area contributed by atoms with Gasteiger partial charge < -0.3 is 10.6 Å². The van der Waals surface area contributed by atoms with Crippen molar-refractivity contribution in [2.24, 2.45) is 0 Å². The lowest BCUT2D eigenvalue weighted by molar-refractivity contribution is -0.119. The van der Waals surface area contributed by atoms with Gasteiger partial charge in [0.2, 0.25) is 5.91 Å². The lowest BCUT2D eigenvalue weighted by atomic mass is 10.1. The van der Waals surface area contributed by atoms with Gasteiger partial charge >= 0.3 is 0 Å². The zero-order valence-corrected chi connectivity index (χ0v) is 12.5. The van der Waals surface area contributed by atoms with Gasteiger partial charge in [0.1, 0.15) is 0 Å². The van der Waals surface area contributed by atoms with Crippen molar-refractivity contribution in [2.45, 2.75) is 6.42 Å². The highest BCUT2D eigenvalue weighted by atomic mass is 35.5. The molecule has 0 saturated heterocycles. The summed E-state index contributed by atoms with van der Waals surface area (Å²) >= 11 is 5.87. The molecule has 0 bridgehead atoms. The van der Waals surface area contributed by atoms with E-state index >= 15 is 0 Å². The molecular formula is C16H15ClF2N2O. The van der Waals surface area contributed by atoms with Crippen LogP contribution >= 0.6 is 11.6 Å². The molecule has 2 N–H and O–H groups in total. The van der Waals surface area contributed by atoms with E-state index in [1.807, 2.05) is 18.2 Å². The molecule has 0 unspecified atom stereocenters. The molecule has 0 fully saturated rings. The van der Waals surface area contributed by atoms with Gasteiger partial charge in [0, 0.05) is 23.3 Å². The number of halogens is 3. The summed E-state index contributed by atoms with van der Waals surface area (Å²) in [5.41, 5.74) is 1.38. The summed E-state index contributed by atoms with van der Waals surface area (Å²) in [5, 5.41) is 6.12. The number of hydrogen-bond acceptors (Lipinski definition) is 2. The van der Waals surface area contributed by atoms with Crippen molar-refractivity contribution in [3.05, 3.63) is 64.7 Å². The maximum absolute atomic E-state index is 13.0. The normalized spacial score (nSPS) is 10.3. The van der Waals surface area contributed by atoms with Crippen LogP contribution in [0.1, 0.15) is 5.56 Å². The maximum atomic E-state index is 13.0. The summed E-state index contributed by atoms with van der Waals surface area (Å²) < 4.78 is 25.8. The number of carbonyl (C=O) groups excluding carboxylic acids is 1. The minimum atomic E-state index is -0.952. The molecule has 22 heavy (non-hydrogen) atoms. The van der Waals surface area contributed by atoms with Crippen molar-refractivity contribution in [1.29, 1.82) is 0 Å². The summed E-state index contributed by atoms with van der Waals surface area (Å²) in [4.78, 5) is 11.7. The van der Waals surface area contributed by atoms with Gasteiger partial charge in [-0.3, -0.25) is 4.79 Å². The molecule has 0 heterocycles. The minimum Gasteiger partial charge on any atom is -0.376 e. The summed E-state index contributed by atoms with van der Waals surface area (Å²) in [5.74, 6) is -2.10. The molecule has 1 amide bonds. The molecule has 0 saturated carbocycles. The Labute approximate surface area is 132 Å². The first-order valence-electron chi connectivity index (χ1n) is 6.74. The second-order valence-electron chi connectivity index (χ2n) is 4.71. The van der Waals surface area contributed by atoms with E-state index in [9.17, 15) is 13.6 Å². The monoisotopic (exact) mass is 324 g/mol. The number of amides is 1. The zero-order valence-electron chi connectivity index (χ0n) is 11.7. The van der Waals surface area contributed by atoms with E-state index in [2.05, 4.69) is 10.6 Å². The molecule has 0 aliphatic carbocycles. The van der Waals surface area contributed by atoms with E-state index in [1.165, 1.54) is 6.07 Å². The Hall–Kier alpha value is -2.14. The molecular weight excluding hydrogens is 310 g/mol. The van der Waals surface area contributed by atoms with E-state index in [0.717, 1.165) is 17.7 Å². The largest absolute Gasteiger partial charge is 0.376 e. The Morgan fingerprint density at radius 2 is 1.91 bits per heavy atom. The fourth-order valence-electron chi connectivity index (χ4n) is 1.89. The Kier molecular flexibility index (Phi) is 5.72. The average Bonchev–Trinajstić information content (AvgIpc) is 2.48. The fraction of sp³-hybridized carbons (Fsp3) is 0.188. The van der Waals surface area contributed by atoms with Gasteiger partial charge in [0.05, 0.1) is 6.54 Å². The van der Waals surface area contributed by atoms with Gasteiger partial charge in [-0.15, -0.1) is 0 Å². The van der Waals surface area contributed by atoms with Gasteiger partial charge in [-0.05, 0) is 36.2 Å². The molecule has 0 aromatic heterocycles. The number of hydrogen-bond donors (Lipinski definition) is 2. The van der Waals surface area contributed by atoms with Crippen molar-refractivity contribution in [3.63, 3.8) is 0 Å². The van der Waals surface area contributed by atoms with E-state index in [-0.39, 0.29) is 12.5 Å². The van der Waals surface area contributed by atoms with Crippen LogP contribution in [0.5, 0.6) is 0 Å². The quantitative estimate of drug-likeness (QED) is 0.855. The standard InChI is InChI=1S/C16H15ClF2N2O/c17-12-3-1-2-11(8-12)6-7-20-16(22)10-21-13-4-5-14(18)15(19)9-13/h1-5,8-9,21H,6-7,10H2,(H,20,22). The molecule has 2 rings (SSSR count). The van der Waals surface area contributed by atoms with Crippen molar-refractivity contribution in [2.75, 3.05) is 18.4 Å². The number of anilines is 1. The SMILES string of the molecule is O=C(CNc1ccc(F)c(F)c1)NCCc1cccc(Cl)c1. The molecule has 0 aliphatic heterocycles. The van der Waals surface area contributed by atoms with Crippen LogP contribution in [0.4, 0.5) is 14.5 Å². The maximum Gasteiger partial charge on any atom is 0.239 e. The number of nitrogens with one attached hydrogen (secondary N) is 2. The highest BCUT2D eigenvalue weighted by molar-refractivity contribution is 6.30. The van der Waals surface area contributed by atoms with E-state index < -0.39 is 11.6 Å². The number of rotatable bonds is 6. The van der Waals surface area contributed by atoms with Crippen LogP contribution in [0, 0.1) is 11.6 Å². The Morgan fingerprint density at radius 3 is 2.64 bits per heavy atom. The van der Waals surface area contributed by atoms with E-state index in [4.69, 9.17) is 11.6 Å². The summed E-state index contributed by atoms with van der Waals surface area (Å²) in [6, 6.07) is 10.8. The van der Waals surface area contributed by atoms with Gasteiger partial charge in [-0.2, -0.15) is 0 Å². The molecule has 0 aliphatic rings. The predicted octanol–water partition coefficient (Wildman–Crippen LogP) is 3.39. The van der Waals surface area contributed by atoms with Crippen molar-refractivity contribution < 1.29 is 13.6 Å². The van der Waals surface area contributed by atoms with Gasteiger partial charge in [0.15, 0.2) is 11.6 Å². The lowest BCUT2D eigenvalue weighted by Gasteiger charge is -2.08. The van der Waals surface area contributed by atoms with Crippen LogP contribution in [0.2, 0.25) is 5.02 Å². The molecule has 0 atom stereocenters. The smallest absolute Gasteiger partial charge is 0.239 e. The minimum absolute atomic E-state index is 0.0133. The van der Waals surface area contributed by atoms with Crippen LogP contribution in [0.25, 0.3) is 0 Å². The van der Waals surface area contributed by atoms with Crippen molar-refractivity contribution >= 4 is 23.2 Å². The molecule has 2 aromatic rings. The third-order valence-corrected chi connectivity index (χ3v) is 3.23. The van der Waals surface area contributed by atoms with Crippen LogP contribution in [-0.2, 0) is 11.2 Å². The van der Waals surface area contributed by atoms with Crippen LogP contribution in [0.15, 0.2) is 42.5 Å². The summed E-state index contributed by atoms with van der Waals surface area (Å²) in [6.45, 7) is 0.458. The third-order valence-electron chi connectivity index (χ3n) is 3.00. The van der Waals surface area contributed by atoms with Crippen molar-refractivity contribution in [3.8, 4) is 0 Å². The first-order chi connectivity index (χ1) is 10.5.